The van der Waals surface area contributed by atoms with Crippen molar-refractivity contribution in [2.75, 3.05) is 19.7 Å². The zero-order valence-electron chi connectivity index (χ0n) is 11.1. The smallest absolute Gasteiger partial charge is 0.326 e. The number of ether oxygens (including phenoxy) is 1. The predicted molar refractivity (Wildman–Crippen MR) is 74.9 cm³/mol. The summed E-state index contributed by atoms with van der Waals surface area (Å²) in [6, 6.07) is 6.10. The minimum atomic E-state index is -0.0333. The van der Waals surface area contributed by atoms with Crippen LogP contribution < -0.4 is 15.7 Å². The molecule has 19 heavy (non-hydrogen) atoms. The summed E-state index contributed by atoms with van der Waals surface area (Å²) in [6.07, 6.45) is 1.98. The number of benzene rings is 1. The van der Waals surface area contributed by atoms with Crippen molar-refractivity contribution in [3.8, 4) is 5.75 Å². The summed E-state index contributed by atoms with van der Waals surface area (Å²) >= 11 is 0. The lowest BCUT2D eigenvalue weighted by Crippen LogP contribution is -2.33. The molecule has 0 atom stereocenters. The molecule has 0 spiro atoms. The molecule has 0 saturated carbocycles. The molecule has 3 rings (SSSR count). The third-order valence-corrected chi connectivity index (χ3v) is 3.69. The molecule has 2 aromatic rings. The fourth-order valence-electron chi connectivity index (χ4n) is 2.83. The van der Waals surface area contributed by atoms with Gasteiger partial charge in [-0.1, -0.05) is 6.07 Å². The molecule has 2 heterocycles. The first-order valence-corrected chi connectivity index (χ1v) is 6.88. The zero-order valence-corrected chi connectivity index (χ0v) is 11.1. The number of piperidine rings is 1. The summed E-state index contributed by atoms with van der Waals surface area (Å²) in [5.41, 5.74) is 1.73. The molecule has 1 saturated heterocycles. The lowest BCUT2D eigenvalue weighted by molar-refractivity contribution is 0.343. The molecular formula is C14H19N3O2. The molecule has 0 amide bonds. The Bertz CT molecular complexity index is 623. The van der Waals surface area contributed by atoms with Crippen molar-refractivity contribution < 1.29 is 4.74 Å². The van der Waals surface area contributed by atoms with Gasteiger partial charge in [0.05, 0.1) is 12.1 Å². The highest BCUT2D eigenvalue weighted by atomic mass is 16.5. The van der Waals surface area contributed by atoms with Crippen LogP contribution in [0.15, 0.2) is 23.0 Å². The molecule has 0 radical (unpaired) electrons. The van der Waals surface area contributed by atoms with E-state index in [4.69, 9.17) is 4.74 Å². The van der Waals surface area contributed by atoms with Crippen molar-refractivity contribution in [3.05, 3.63) is 28.7 Å². The van der Waals surface area contributed by atoms with E-state index in [0.717, 1.165) is 42.7 Å². The number of hydrogen-bond acceptors (Lipinski definition) is 3. The topological polar surface area (TPSA) is 59.1 Å². The van der Waals surface area contributed by atoms with Gasteiger partial charge in [0.25, 0.3) is 0 Å². The molecule has 102 valence electrons. The van der Waals surface area contributed by atoms with Crippen LogP contribution in [-0.4, -0.2) is 29.2 Å². The Balaban J connectivity index is 2.11. The molecular weight excluding hydrogens is 242 g/mol. The molecule has 5 nitrogen and oxygen atoms in total. The van der Waals surface area contributed by atoms with Gasteiger partial charge in [-0.3, -0.25) is 4.57 Å². The number of rotatable bonds is 3. The van der Waals surface area contributed by atoms with Crippen LogP contribution in [0.5, 0.6) is 5.75 Å². The fourth-order valence-corrected chi connectivity index (χ4v) is 2.83. The quantitative estimate of drug-likeness (QED) is 0.883. The Labute approximate surface area is 111 Å². The van der Waals surface area contributed by atoms with Crippen LogP contribution in [0.4, 0.5) is 0 Å². The van der Waals surface area contributed by atoms with Crippen LogP contribution in [0.1, 0.15) is 25.8 Å². The van der Waals surface area contributed by atoms with E-state index < -0.39 is 0 Å². The molecule has 0 unspecified atom stereocenters. The fraction of sp³-hybridized carbons (Fsp3) is 0.500. The number of nitrogens with one attached hydrogen (secondary N) is 2. The SMILES string of the molecule is CCOc1cccc2c1[nH]c(=O)n2C1CCNCC1. The van der Waals surface area contributed by atoms with E-state index in [0.29, 0.717) is 6.61 Å². The number of H-pyrrole nitrogens is 1. The standard InChI is InChI=1S/C14H19N3O2/c1-2-19-12-5-3-4-11-13(12)16-14(18)17(11)10-6-8-15-9-7-10/h3-5,10,15H,2,6-9H2,1H3,(H,16,18). The van der Waals surface area contributed by atoms with E-state index in [9.17, 15) is 4.79 Å². The Morgan fingerprint density at radius 1 is 1.37 bits per heavy atom. The number of nitrogens with zero attached hydrogens (tertiary/aromatic N) is 1. The maximum Gasteiger partial charge on any atom is 0.326 e. The number of imidazole rings is 1. The highest BCUT2D eigenvalue weighted by Crippen LogP contribution is 2.27. The van der Waals surface area contributed by atoms with E-state index in [1.54, 1.807) is 0 Å². The second-order valence-electron chi connectivity index (χ2n) is 4.86. The van der Waals surface area contributed by atoms with E-state index in [1.165, 1.54) is 0 Å². The van der Waals surface area contributed by atoms with Gasteiger partial charge in [-0.25, -0.2) is 4.79 Å². The highest BCUT2D eigenvalue weighted by Gasteiger charge is 2.20. The zero-order chi connectivity index (χ0) is 13.2. The number of para-hydroxylation sites is 1. The summed E-state index contributed by atoms with van der Waals surface area (Å²) in [7, 11) is 0. The normalized spacial score (nSPS) is 16.9. The van der Waals surface area contributed by atoms with Gasteiger partial charge in [0, 0.05) is 6.04 Å². The van der Waals surface area contributed by atoms with Gasteiger partial charge < -0.3 is 15.0 Å². The minimum absolute atomic E-state index is 0.0333. The van der Waals surface area contributed by atoms with E-state index in [2.05, 4.69) is 10.3 Å². The first-order valence-electron chi connectivity index (χ1n) is 6.88. The Hall–Kier alpha value is -1.75. The van der Waals surface area contributed by atoms with Gasteiger partial charge in [-0.15, -0.1) is 0 Å². The highest BCUT2D eigenvalue weighted by molar-refractivity contribution is 5.82. The monoisotopic (exact) mass is 261 g/mol. The molecule has 1 aromatic heterocycles. The summed E-state index contributed by atoms with van der Waals surface area (Å²) < 4.78 is 7.47. The van der Waals surface area contributed by atoms with Crippen LogP contribution in [0.3, 0.4) is 0 Å². The van der Waals surface area contributed by atoms with Crippen LogP contribution in [0.2, 0.25) is 0 Å². The van der Waals surface area contributed by atoms with Gasteiger partial charge in [0.2, 0.25) is 0 Å². The second-order valence-corrected chi connectivity index (χ2v) is 4.86. The number of hydrogen-bond donors (Lipinski definition) is 2. The molecule has 1 fully saturated rings. The van der Waals surface area contributed by atoms with Crippen molar-refractivity contribution in [2.24, 2.45) is 0 Å². The molecule has 5 heteroatoms. The van der Waals surface area contributed by atoms with E-state index >= 15 is 0 Å². The van der Waals surface area contributed by atoms with Gasteiger partial charge in [-0.2, -0.15) is 0 Å². The summed E-state index contributed by atoms with van der Waals surface area (Å²) in [4.78, 5) is 15.2. The van der Waals surface area contributed by atoms with Gasteiger partial charge >= 0.3 is 5.69 Å². The van der Waals surface area contributed by atoms with Crippen LogP contribution in [0, 0.1) is 0 Å². The Morgan fingerprint density at radius 2 is 2.16 bits per heavy atom. The molecule has 0 aliphatic carbocycles. The van der Waals surface area contributed by atoms with Crippen LogP contribution in [0.25, 0.3) is 11.0 Å². The van der Waals surface area contributed by atoms with Gasteiger partial charge in [-0.05, 0) is 45.0 Å². The number of fused-ring (bicyclic) bond motifs is 1. The van der Waals surface area contributed by atoms with Crippen molar-refractivity contribution in [2.45, 2.75) is 25.8 Å². The predicted octanol–water partition coefficient (Wildman–Crippen LogP) is 1.65. The summed E-state index contributed by atoms with van der Waals surface area (Å²) in [5, 5.41) is 3.33. The van der Waals surface area contributed by atoms with Crippen LogP contribution >= 0.6 is 0 Å². The second kappa shape index (κ2) is 5.09. The van der Waals surface area contributed by atoms with Crippen molar-refractivity contribution in [3.63, 3.8) is 0 Å². The Morgan fingerprint density at radius 3 is 2.89 bits per heavy atom. The van der Waals surface area contributed by atoms with E-state index in [-0.39, 0.29) is 11.7 Å². The molecule has 0 bridgehead atoms. The third-order valence-electron chi connectivity index (χ3n) is 3.69. The average molecular weight is 261 g/mol. The molecule has 1 aromatic carbocycles. The largest absolute Gasteiger partial charge is 0.492 e. The first-order chi connectivity index (χ1) is 9.31. The average Bonchev–Trinajstić information content (AvgIpc) is 2.77. The molecule has 2 N–H and O–H groups in total. The maximum absolute atomic E-state index is 12.2. The maximum atomic E-state index is 12.2. The summed E-state index contributed by atoms with van der Waals surface area (Å²) in [6.45, 7) is 4.48. The minimum Gasteiger partial charge on any atom is -0.492 e. The van der Waals surface area contributed by atoms with Crippen molar-refractivity contribution in [1.29, 1.82) is 0 Å². The van der Waals surface area contributed by atoms with Gasteiger partial charge in [0.15, 0.2) is 0 Å². The molecule has 1 aliphatic heterocycles. The number of aromatic amines is 1. The van der Waals surface area contributed by atoms with Crippen LogP contribution in [-0.2, 0) is 0 Å². The lowest BCUT2D eigenvalue weighted by Gasteiger charge is -2.23. The Kier molecular flexibility index (Phi) is 3.29. The van der Waals surface area contributed by atoms with Gasteiger partial charge in [0.1, 0.15) is 11.3 Å². The van der Waals surface area contributed by atoms with Crippen molar-refractivity contribution in [1.82, 2.24) is 14.9 Å². The first kappa shape index (κ1) is 12.3. The lowest BCUT2D eigenvalue weighted by atomic mass is 10.1. The van der Waals surface area contributed by atoms with Crippen molar-refractivity contribution >= 4 is 11.0 Å². The number of aromatic nitrogens is 2. The van der Waals surface area contributed by atoms with E-state index in [1.807, 2.05) is 29.7 Å². The third kappa shape index (κ3) is 2.14. The summed E-state index contributed by atoms with van der Waals surface area (Å²) in [5.74, 6) is 0.754. The molecule has 1 aliphatic rings.